The molecule has 5 heteroatoms. The zero-order chi connectivity index (χ0) is 13.3. The number of aromatic amines is 1. The molecular weight excluding hydrogens is 234 g/mol. The Hall–Kier alpha value is -2.30. The molecular formula is C13H13NO4. The Labute approximate surface area is 103 Å². The molecule has 0 amide bonds. The van der Waals surface area contributed by atoms with Crippen LogP contribution in [0.1, 0.15) is 22.8 Å². The van der Waals surface area contributed by atoms with Crippen LogP contribution in [-0.4, -0.2) is 22.7 Å². The number of esters is 1. The highest BCUT2D eigenvalue weighted by molar-refractivity contribution is 6.00. The molecule has 2 N–H and O–H groups in total. The summed E-state index contributed by atoms with van der Waals surface area (Å²) in [7, 11) is 0. The second-order valence-electron chi connectivity index (χ2n) is 3.90. The maximum Gasteiger partial charge on any atom is 0.347 e. The monoisotopic (exact) mass is 247 g/mol. The number of fused-ring (bicyclic) bond motifs is 1. The van der Waals surface area contributed by atoms with Crippen molar-refractivity contribution in [3.05, 3.63) is 39.7 Å². The number of ether oxygens (including phenoxy) is 1. The highest BCUT2D eigenvalue weighted by Crippen LogP contribution is 2.28. The lowest BCUT2D eigenvalue weighted by Gasteiger charge is -2.08. The fraction of sp³-hybridized carbons (Fsp3) is 0.231. The Morgan fingerprint density at radius 1 is 1.44 bits per heavy atom. The fourth-order valence-electron chi connectivity index (χ4n) is 1.90. The van der Waals surface area contributed by atoms with Crippen molar-refractivity contribution in [1.82, 2.24) is 4.98 Å². The van der Waals surface area contributed by atoms with Gasteiger partial charge in [-0.05, 0) is 25.5 Å². The first-order valence-corrected chi connectivity index (χ1v) is 5.58. The van der Waals surface area contributed by atoms with Crippen LogP contribution in [0.3, 0.4) is 0 Å². The zero-order valence-corrected chi connectivity index (χ0v) is 10.1. The number of nitrogens with one attached hydrogen (secondary N) is 1. The first-order chi connectivity index (χ1) is 8.56. The summed E-state index contributed by atoms with van der Waals surface area (Å²) >= 11 is 0. The molecule has 0 unspecified atom stereocenters. The lowest BCUT2D eigenvalue weighted by atomic mass is 10.1. The molecule has 0 aliphatic rings. The van der Waals surface area contributed by atoms with Gasteiger partial charge in [-0.15, -0.1) is 0 Å². The minimum absolute atomic E-state index is 0.142. The molecule has 0 aliphatic carbocycles. The average Bonchev–Trinajstić information content (AvgIpc) is 2.28. The van der Waals surface area contributed by atoms with Gasteiger partial charge in [0.1, 0.15) is 5.75 Å². The van der Waals surface area contributed by atoms with Crippen molar-refractivity contribution in [2.24, 2.45) is 0 Å². The van der Waals surface area contributed by atoms with Crippen molar-refractivity contribution in [3.8, 4) is 5.75 Å². The summed E-state index contributed by atoms with van der Waals surface area (Å²) in [5.74, 6) is -1.15. The molecule has 1 aromatic heterocycles. The lowest BCUT2D eigenvalue weighted by Crippen LogP contribution is -2.20. The third-order valence-corrected chi connectivity index (χ3v) is 2.70. The number of aryl methyl sites for hydroxylation is 1. The predicted molar refractivity (Wildman–Crippen MR) is 66.9 cm³/mol. The van der Waals surface area contributed by atoms with Crippen LogP contribution in [0.2, 0.25) is 0 Å². The van der Waals surface area contributed by atoms with Crippen LogP contribution >= 0.6 is 0 Å². The second-order valence-corrected chi connectivity index (χ2v) is 3.90. The molecule has 1 heterocycles. The topological polar surface area (TPSA) is 79.4 Å². The van der Waals surface area contributed by atoms with Gasteiger partial charge in [0.2, 0.25) is 0 Å². The molecule has 0 fully saturated rings. The molecule has 18 heavy (non-hydrogen) atoms. The van der Waals surface area contributed by atoms with E-state index in [1.807, 2.05) is 0 Å². The Morgan fingerprint density at radius 2 is 2.17 bits per heavy atom. The Balaban J connectivity index is 2.80. The van der Waals surface area contributed by atoms with Crippen molar-refractivity contribution in [2.75, 3.05) is 6.61 Å². The van der Waals surface area contributed by atoms with Gasteiger partial charge in [-0.3, -0.25) is 4.79 Å². The quantitative estimate of drug-likeness (QED) is 0.792. The number of benzene rings is 1. The molecule has 1 aromatic carbocycles. The summed E-state index contributed by atoms with van der Waals surface area (Å²) in [6.45, 7) is 3.56. The zero-order valence-electron chi connectivity index (χ0n) is 10.1. The number of aromatic hydroxyl groups is 1. The van der Waals surface area contributed by atoms with Crippen LogP contribution in [0, 0.1) is 6.92 Å². The van der Waals surface area contributed by atoms with Crippen LogP contribution < -0.4 is 5.56 Å². The van der Waals surface area contributed by atoms with Crippen molar-refractivity contribution < 1.29 is 14.6 Å². The average molecular weight is 247 g/mol. The molecule has 2 rings (SSSR count). The van der Waals surface area contributed by atoms with Crippen LogP contribution in [-0.2, 0) is 4.74 Å². The number of hydrogen-bond donors (Lipinski definition) is 2. The summed E-state index contributed by atoms with van der Waals surface area (Å²) in [5.41, 5.74) is 0.264. The Morgan fingerprint density at radius 3 is 2.83 bits per heavy atom. The van der Waals surface area contributed by atoms with E-state index in [2.05, 4.69) is 4.98 Å². The minimum Gasteiger partial charge on any atom is -0.506 e. The van der Waals surface area contributed by atoms with Crippen molar-refractivity contribution in [2.45, 2.75) is 13.8 Å². The number of aromatic nitrogens is 1. The van der Waals surface area contributed by atoms with E-state index in [0.717, 1.165) is 5.56 Å². The minimum atomic E-state index is -0.818. The molecule has 0 spiro atoms. The standard InChI is InChI=1S/C13H13NO4/c1-3-18-13(17)10-11(15)9-7(2)5-4-6-8(9)14-12(10)16/h4-6H,3H2,1-2H3,(H2,14,15,16). The molecule has 2 aromatic rings. The first-order valence-electron chi connectivity index (χ1n) is 5.58. The van der Waals surface area contributed by atoms with Crippen LogP contribution in [0.5, 0.6) is 5.75 Å². The van der Waals surface area contributed by atoms with E-state index < -0.39 is 11.5 Å². The number of H-pyrrole nitrogens is 1. The molecule has 94 valence electrons. The molecule has 0 saturated heterocycles. The molecule has 5 nitrogen and oxygen atoms in total. The van der Waals surface area contributed by atoms with Gasteiger partial charge >= 0.3 is 5.97 Å². The van der Waals surface area contributed by atoms with Gasteiger partial charge in [-0.2, -0.15) is 0 Å². The largest absolute Gasteiger partial charge is 0.506 e. The Kier molecular flexibility index (Phi) is 3.06. The van der Waals surface area contributed by atoms with E-state index >= 15 is 0 Å². The predicted octanol–water partition coefficient (Wildman–Crippen LogP) is 1.72. The van der Waals surface area contributed by atoms with Gasteiger partial charge in [-0.25, -0.2) is 4.79 Å². The molecule has 0 saturated carbocycles. The summed E-state index contributed by atoms with van der Waals surface area (Å²) in [6, 6.07) is 5.21. The fourth-order valence-corrected chi connectivity index (χ4v) is 1.90. The second kappa shape index (κ2) is 4.52. The van der Waals surface area contributed by atoms with E-state index in [9.17, 15) is 14.7 Å². The lowest BCUT2D eigenvalue weighted by molar-refractivity contribution is 0.0521. The van der Waals surface area contributed by atoms with E-state index in [1.165, 1.54) is 0 Å². The van der Waals surface area contributed by atoms with Crippen LogP contribution in [0.4, 0.5) is 0 Å². The maximum atomic E-state index is 11.8. The van der Waals surface area contributed by atoms with Crippen LogP contribution in [0.15, 0.2) is 23.0 Å². The Bertz CT molecular complexity index is 672. The molecule has 0 bridgehead atoms. The first kappa shape index (κ1) is 12.2. The highest BCUT2D eigenvalue weighted by atomic mass is 16.5. The van der Waals surface area contributed by atoms with Crippen molar-refractivity contribution >= 4 is 16.9 Å². The summed E-state index contributed by atoms with van der Waals surface area (Å²) in [5, 5.41) is 10.5. The molecule has 0 radical (unpaired) electrons. The van der Waals surface area contributed by atoms with Gasteiger partial charge in [0.25, 0.3) is 5.56 Å². The van der Waals surface area contributed by atoms with Gasteiger partial charge in [0, 0.05) is 5.39 Å². The SMILES string of the molecule is CCOC(=O)c1c(O)c2c(C)cccc2[nH]c1=O. The maximum absolute atomic E-state index is 11.8. The number of carbonyl (C=O) groups is 1. The van der Waals surface area contributed by atoms with Crippen molar-refractivity contribution in [3.63, 3.8) is 0 Å². The van der Waals surface area contributed by atoms with Gasteiger partial charge < -0.3 is 14.8 Å². The highest BCUT2D eigenvalue weighted by Gasteiger charge is 2.20. The van der Waals surface area contributed by atoms with Gasteiger partial charge in [0.05, 0.1) is 12.1 Å². The van der Waals surface area contributed by atoms with E-state index in [1.54, 1.807) is 32.0 Å². The molecule has 0 aliphatic heterocycles. The van der Waals surface area contributed by atoms with Gasteiger partial charge in [0.15, 0.2) is 5.56 Å². The number of rotatable bonds is 2. The van der Waals surface area contributed by atoms with Crippen molar-refractivity contribution in [1.29, 1.82) is 0 Å². The third kappa shape index (κ3) is 1.84. The van der Waals surface area contributed by atoms with Crippen LogP contribution in [0.25, 0.3) is 10.9 Å². The van der Waals surface area contributed by atoms with E-state index in [4.69, 9.17) is 4.74 Å². The third-order valence-electron chi connectivity index (χ3n) is 2.70. The number of carbonyl (C=O) groups excluding carboxylic acids is 1. The summed E-state index contributed by atoms with van der Waals surface area (Å²) in [6.07, 6.45) is 0. The number of hydrogen-bond acceptors (Lipinski definition) is 4. The normalized spacial score (nSPS) is 10.6. The van der Waals surface area contributed by atoms with E-state index in [0.29, 0.717) is 10.9 Å². The smallest absolute Gasteiger partial charge is 0.347 e. The van der Waals surface area contributed by atoms with E-state index in [-0.39, 0.29) is 17.9 Å². The number of pyridine rings is 1. The molecule has 0 atom stereocenters. The summed E-state index contributed by atoms with van der Waals surface area (Å²) in [4.78, 5) is 26.0. The summed E-state index contributed by atoms with van der Waals surface area (Å²) < 4.78 is 4.76. The van der Waals surface area contributed by atoms with Gasteiger partial charge in [-0.1, -0.05) is 12.1 Å².